The maximum atomic E-state index is 11.2. The number of benzene rings is 1. The molecule has 0 fully saturated rings. The third-order valence-electron chi connectivity index (χ3n) is 2.18. The fraction of sp³-hybridized carbons (Fsp3) is 0.333. The van der Waals surface area contributed by atoms with Crippen molar-refractivity contribution in [3.8, 4) is 11.5 Å². The zero-order chi connectivity index (χ0) is 12.8. The monoisotopic (exact) mass is 238 g/mol. The van der Waals surface area contributed by atoms with Gasteiger partial charge in [0, 0.05) is 6.07 Å². The van der Waals surface area contributed by atoms with Gasteiger partial charge in [-0.3, -0.25) is 4.79 Å². The van der Waals surface area contributed by atoms with Crippen LogP contribution >= 0.6 is 0 Å². The molecule has 0 spiro atoms. The summed E-state index contributed by atoms with van der Waals surface area (Å²) in [5.74, 6) is 0.324. The van der Waals surface area contributed by atoms with Crippen LogP contribution in [0.2, 0.25) is 0 Å². The first-order valence-electron chi connectivity index (χ1n) is 5.00. The molecule has 1 atom stereocenters. The normalized spacial score (nSPS) is 11.5. The Morgan fingerprint density at radius 1 is 1.35 bits per heavy atom. The predicted octanol–water partition coefficient (Wildman–Crippen LogP) is 1.45. The molecule has 1 aromatic rings. The molecule has 1 aromatic carbocycles. The molecule has 0 heterocycles. The van der Waals surface area contributed by atoms with Crippen molar-refractivity contribution in [2.75, 3.05) is 14.2 Å². The van der Waals surface area contributed by atoms with E-state index >= 15 is 0 Å². The van der Waals surface area contributed by atoms with E-state index in [1.165, 1.54) is 14.2 Å². The van der Waals surface area contributed by atoms with Crippen molar-refractivity contribution < 1.29 is 23.8 Å². The minimum Gasteiger partial charge on any atom is -0.497 e. The van der Waals surface area contributed by atoms with Gasteiger partial charge in [0.2, 0.25) is 0 Å². The van der Waals surface area contributed by atoms with Crippen LogP contribution in [0.5, 0.6) is 11.5 Å². The van der Waals surface area contributed by atoms with Crippen molar-refractivity contribution in [1.82, 2.24) is 0 Å². The minimum atomic E-state index is -0.786. The average molecular weight is 238 g/mol. The molecule has 0 aliphatic carbocycles. The summed E-state index contributed by atoms with van der Waals surface area (Å²) in [4.78, 5) is 22.0. The Morgan fingerprint density at radius 3 is 2.59 bits per heavy atom. The summed E-state index contributed by atoms with van der Waals surface area (Å²) in [5.41, 5.74) is 0.349. The zero-order valence-corrected chi connectivity index (χ0v) is 9.93. The molecule has 1 rings (SSSR count). The lowest BCUT2D eigenvalue weighted by Crippen LogP contribution is -2.25. The van der Waals surface area contributed by atoms with E-state index in [1.807, 2.05) is 0 Å². The second-order valence-electron chi connectivity index (χ2n) is 3.30. The first kappa shape index (κ1) is 13.0. The molecule has 1 unspecified atom stereocenters. The van der Waals surface area contributed by atoms with E-state index in [1.54, 1.807) is 25.1 Å². The number of hydrogen-bond acceptors (Lipinski definition) is 5. The largest absolute Gasteiger partial charge is 0.497 e. The van der Waals surface area contributed by atoms with Gasteiger partial charge in [-0.05, 0) is 19.1 Å². The van der Waals surface area contributed by atoms with Crippen LogP contribution in [0.25, 0.3) is 0 Å². The Balaban J connectivity index is 2.94. The first-order chi connectivity index (χ1) is 8.12. The van der Waals surface area contributed by atoms with Crippen LogP contribution in [0.1, 0.15) is 17.3 Å². The number of aldehydes is 1. The topological polar surface area (TPSA) is 61.8 Å². The number of esters is 1. The smallest absolute Gasteiger partial charge is 0.346 e. The summed E-state index contributed by atoms with van der Waals surface area (Å²) in [6.07, 6.45) is -0.135. The molecule has 0 aliphatic rings. The van der Waals surface area contributed by atoms with Crippen molar-refractivity contribution in [1.29, 1.82) is 0 Å². The van der Waals surface area contributed by atoms with Crippen LogP contribution in [0.3, 0.4) is 0 Å². The summed E-state index contributed by atoms with van der Waals surface area (Å²) >= 11 is 0. The summed E-state index contributed by atoms with van der Waals surface area (Å²) in [7, 11) is 2.78. The van der Waals surface area contributed by atoms with E-state index in [9.17, 15) is 9.59 Å². The Kier molecular flexibility index (Phi) is 4.51. The lowest BCUT2D eigenvalue weighted by atomic mass is 10.2. The van der Waals surface area contributed by atoms with E-state index in [0.717, 1.165) is 0 Å². The molecule has 0 aromatic heterocycles. The number of ether oxygens (including phenoxy) is 3. The highest BCUT2D eigenvalue weighted by molar-refractivity contribution is 5.80. The highest BCUT2D eigenvalue weighted by Gasteiger charge is 2.17. The minimum absolute atomic E-state index is 0.289. The molecule has 5 heteroatoms. The molecule has 0 N–H and O–H groups in total. The molecule has 0 saturated carbocycles. The summed E-state index contributed by atoms with van der Waals surface area (Å²) in [5, 5.41) is 0. The molecule has 0 aliphatic heterocycles. The quantitative estimate of drug-likeness (QED) is 0.574. The third-order valence-corrected chi connectivity index (χ3v) is 2.18. The predicted molar refractivity (Wildman–Crippen MR) is 60.5 cm³/mol. The van der Waals surface area contributed by atoms with E-state index in [4.69, 9.17) is 9.47 Å². The lowest BCUT2D eigenvalue weighted by Gasteiger charge is -2.14. The molecule has 0 saturated heterocycles. The maximum absolute atomic E-state index is 11.2. The SMILES string of the molecule is COC(=O)C(C)Oc1cc(OC)ccc1C=O. The van der Waals surface area contributed by atoms with E-state index in [0.29, 0.717) is 17.6 Å². The number of methoxy groups -OCH3 is 2. The van der Waals surface area contributed by atoms with Gasteiger partial charge in [-0.25, -0.2) is 4.79 Å². The van der Waals surface area contributed by atoms with E-state index in [2.05, 4.69) is 4.74 Å². The van der Waals surface area contributed by atoms with E-state index in [-0.39, 0.29) is 5.75 Å². The Hall–Kier alpha value is -2.04. The van der Waals surface area contributed by atoms with Crippen molar-refractivity contribution in [3.63, 3.8) is 0 Å². The highest BCUT2D eigenvalue weighted by atomic mass is 16.6. The molecule has 17 heavy (non-hydrogen) atoms. The van der Waals surface area contributed by atoms with Crippen LogP contribution in [0.4, 0.5) is 0 Å². The van der Waals surface area contributed by atoms with Crippen LogP contribution in [-0.2, 0) is 9.53 Å². The van der Waals surface area contributed by atoms with Crippen LogP contribution in [0.15, 0.2) is 18.2 Å². The fourth-order valence-corrected chi connectivity index (χ4v) is 1.25. The van der Waals surface area contributed by atoms with Crippen molar-refractivity contribution in [3.05, 3.63) is 23.8 Å². The zero-order valence-electron chi connectivity index (χ0n) is 9.93. The van der Waals surface area contributed by atoms with Crippen molar-refractivity contribution in [2.45, 2.75) is 13.0 Å². The lowest BCUT2D eigenvalue weighted by molar-refractivity contribution is -0.147. The van der Waals surface area contributed by atoms with Gasteiger partial charge < -0.3 is 14.2 Å². The van der Waals surface area contributed by atoms with Gasteiger partial charge in [0.25, 0.3) is 0 Å². The van der Waals surface area contributed by atoms with Gasteiger partial charge in [-0.15, -0.1) is 0 Å². The molecule has 5 nitrogen and oxygen atoms in total. The molecular formula is C12H14O5. The maximum Gasteiger partial charge on any atom is 0.346 e. The van der Waals surface area contributed by atoms with Gasteiger partial charge in [0.1, 0.15) is 11.5 Å². The molecule has 0 amide bonds. The van der Waals surface area contributed by atoms with Gasteiger partial charge in [-0.2, -0.15) is 0 Å². The number of carbonyl (C=O) groups is 2. The second kappa shape index (κ2) is 5.89. The Morgan fingerprint density at radius 2 is 2.06 bits per heavy atom. The van der Waals surface area contributed by atoms with Crippen molar-refractivity contribution in [2.24, 2.45) is 0 Å². The van der Waals surface area contributed by atoms with Gasteiger partial charge >= 0.3 is 5.97 Å². The van der Waals surface area contributed by atoms with Gasteiger partial charge in [0.05, 0.1) is 19.8 Å². The Labute approximate surface area is 99.3 Å². The standard InChI is InChI=1S/C12H14O5/c1-8(12(14)16-3)17-11-6-10(15-2)5-4-9(11)7-13/h4-8H,1-3H3. The summed E-state index contributed by atoms with van der Waals surface area (Å²) in [6, 6.07) is 4.74. The third kappa shape index (κ3) is 3.21. The fourth-order valence-electron chi connectivity index (χ4n) is 1.25. The first-order valence-corrected chi connectivity index (χ1v) is 5.00. The highest BCUT2D eigenvalue weighted by Crippen LogP contribution is 2.24. The van der Waals surface area contributed by atoms with Gasteiger partial charge in [-0.1, -0.05) is 0 Å². The number of rotatable bonds is 5. The van der Waals surface area contributed by atoms with Crippen LogP contribution < -0.4 is 9.47 Å². The van der Waals surface area contributed by atoms with Gasteiger partial charge in [0.15, 0.2) is 12.4 Å². The van der Waals surface area contributed by atoms with Crippen molar-refractivity contribution >= 4 is 12.3 Å². The van der Waals surface area contributed by atoms with Crippen LogP contribution in [0, 0.1) is 0 Å². The van der Waals surface area contributed by atoms with Crippen LogP contribution in [-0.4, -0.2) is 32.6 Å². The summed E-state index contributed by atoms with van der Waals surface area (Å²) < 4.78 is 14.9. The second-order valence-corrected chi connectivity index (χ2v) is 3.30. The van der Waals surface area contributed by atoms with E-state index < -0.39 is 12.1 Å². The molecular weight excluding hydrogens is 224 g/mol. The molecule has 0 bridgehead atoms. The number of carbonyl (C=O) groups excluding carboxylic acids is 2. The molecule has 0 radical (unpaired) electrons. The molecule has 92 valence electrons. The Bertz CT molecular complexity index is 413. The number of hydrogen-bond donors (Lipinski definition) is 0. The average Bonchev–Trinajstić information content (AvgIpc) is 2.37. The summed E-state index contributed by atoms with van der Waals surface area (Å²) in [6.45, 7) is 1.54.